The van der Waals surface area contributed by atoms with Crippen LogP contribution in [-0.4, -0.2) is 19.5 Å². The van der Waals surface area contributed by atoms with E-state index < -0.39 is 0 Å². The fourth-order valence-corrected chi connectivity index (χ4v) is 1.68. The number of aromatic nitrogens is 4. The molecule has 2 rings (SSSR count). The molecule has 0 aromatic carbocycles. The average molecular weight is 212 g/mol. The van der Waals surface area contributed by atoms with E-state index in [4.69, 9.17) is 24.4 Å². The number of hydrogen-bond acceptors (Lipinski definition) is 3. The van der Waals surface area contributed by atoms with Crippen molar-refractivity contribution in [3.63, 3.8) is 0 Å². The van der Waals surface area contributed by atoms with Gasteiger partial charge in [0.15, 0.2) is 15.2 Å². The number of aromatic amines is 2. The van der Waals surface area contributed by atoms with Crippen LogP contribution in [0.15, 0.2) is 0 Å². The molecule has 4 nitrogen and oxygen atoms in total. The molecule has 0 bridgehead atoms. The third-order valence-corrected chi connectivity index (χ3v) is 2.52. The van der Waals surface area contributed by atoms with Crippen LogP contribution < -0.4 is 0 Å². The molecule has 0 amide bonds. The molecule has 0 aliphatic carbocycles. The molecule has 6 heteroatoms. The summed E-state index contributed by atoms with van der Waals surface area (Å²) in [4.78, 5) is 10.2. The van der Waals surface area contributed by atoms with Gasteiger partial charge < -0.3 is 14.5 Å². The van der Waals surface area contributed by atoms with Crippen LogP contribution in [0.25, 0.3) is 11.2 Å². The number of nitrogens with zero attached hydrogens (tertiary/aromatic N) is 2. The van der Waals surface area contributed by atoms with Crippen LogP contribution in [0, 0.1) is 16.5 Å². The van der Waals surface area contributed by atoms with Crippen molar-refractivity contribution in [2.45, 2.75) is 6.92 Å². The van der Waals surface area contributed by atoms with E-state index in [9.17, 15) is 0 Å². The van der Waals surface area contributed by atoms with E-state index in [1.165, 1.54) is 0 Å². The Morgan fingerprint density at radius 3 is 2.69 bits per heavy atom. The molecular formula is C7H8N4S2. The molecule has 0 saturated heterocycles. The Morgan fingerprint density at radius 1 is 1.31 bits per heavy atom. The standard InChI is InChI=1S/C7H8N4S2/c1-3-4-5(10-6(12)8-3)11(2)7(13)9-4/h1-2H3,(H,9,13)(H,8,10,12). The maximum absolute atomic E-state index is 5.08. The van der Waals surface area contributed by atoms with E-state index >= 15 is 0 Å². The van der Waals surface area contributed by atoms with Gasteiger partial charge in [-0.1, -0.05) is 0 Å². The zero-order chi connectivity index (χ0) is 9.59. The summed E-state index contributed by atoms with van der Waals surface area (Å²) in [5.41, 5.74) is 2.68. The molecule has 2 aromatic heterocycles. The minimum Gasteiger partial charge on any atom is -0.333 e. The van der Waals surface area contributed by atoms with Gasteiger partial charge in [-0.05, 0) is 31.4 Å². The van der Waals surface area contributed by atoms with Crippen molar-refractivity contribution < 1.29 is 0 Å². The topological polar surface area (TPSA) is 49.4 Å². The van der Waals surface area contributed by atoms with Crippen molar-refractivity contribution >= 4 is 35.6 Å². The zero-order valence-electron chi connectivity index (χ0n) is 7.21. The third-order valence-electron chi connectivity index (χ3n) is 1.95. The summed E-state index contributed by atoms with van der Waals surface area (Å²) in [6.45, 7) is 1.94. The van der Waals surface area contributed by atoms with Gasteiger partial charge in [-0.25, -0.2) is 4.98 Å². The van der Waals surface area contributed by atoms with Crippen LogP contribution in [0.4, 0.5) is 0 Å². The molecule has 0 saturated carbocycles. The SMILES string of the molecule is Cc1[nH]c(=S)nc2c1[nH]c(=S)n2C. The molecular weight excluding hydrogens is 204 g/mol. The third kappa shape index (κ3) is 1.22. The van der Waals surface area contributed by atoms with Crippen LogP contribution in [0.2, 0.25) is 0 Å². The van der Waals surface area contributed by atoms with Gasteiger partial charge in [0, 0.05) is 12.7 Å². The number of imidazole rings is 1. The van der Waals surface area contributed by atoms with E-state index in [1.54, 1.807) is 4.57 Å². The maximum atomic E-state index is 5.08. The molecule has 13 heavy (non-hydrogen) atoms. The lowest BCUT2D eigenvalue weighted by Crippen LogP contribution is -1.93. The van der Waals surface area contributed by atoms with Gasteiger partial charge in [-0.3, -0.25) is 0 Å². The van der Waals surface area contributed by atoms with Gasteiger partial charge in [-0.15, -0.1) is 0 Å². The summed E-state index contributed by atoms with van der Waals surface area (Å²) in [7, 11) is 1.86. The Hall–Kier alpha value is -1.01. The molecule has 0 atom stereocenters. The minimum absolute atomic E-state index is 0.481. The Labute approximate surface area is 84.6 Å². The predicted octanol–water partition coefficient (Wildman–Crippen LogP) is 2.00. The lowest BCUT2D eigenvalue weighted by Gasteiger charge is -1.95. The monoisotopic (exact) mass is 212 g/mol. The van der Waals surface area contributed by atoms with Gasteiger partial charge in [0.25, 0.3) is 0 Å². The van der Waals surface area contributed by atoms with E-state index in [0.717, 1.165) is 16.9 Å². The highest BCUT2D eigenvalue weighted by Gasteiger charge is 2.04. The number of aryl methyl sites for hydroxylation is 2. The second-order valence-corrected chi connectivity index (χ2v) is 3.63. The first-order valence-electron chi connectivity index (χ1n) is 3.75. The van der Waals surface area contributed by atoms with E-state index in [2.05, 4.69) is 15.0 Å². The van der Waals surface area contributed by atoms with Crippen LogP contribution in [-0.2, 0) is 7.05 Å². The maximum Gasteiger partial charge on any atom is 0.199 e. The van der Waals surface area contributed by atoms with Gasteiger partial charge >= 0.3 is 0 Å². The number of H-pyrrole nitrogens is 2. The van der Waals surface area contributed by atoms with Crippen LogP contribution in [0.3, 0.4) is 0 Å². The summed E-state index contributed by atoms with van der Waals surface area (Å²) in [5, 5.41) is 0. The molecule has 2 N–H and O–H groups in total. The normalized spacial score (nSPS) is 10.9. The first-order chi connectivity index (χ1) is 6.09. The summed E-state index contributed by atoms with van der Waals surface area (Å²) < 4.78 is 2.94. The van der Waals surface area contributed by atoms with Crippen LogP contribution in [0.1, 0.15) is 5.69 Å². The highest BCUT2D eigenvalue weighted by molar-refractivity contribution is 7.71. The van der Waals surface area contributed by atoms with Crippen molar-refractivity contribution in [1.82, 2.24) is 19.5 Å². The van der Waals surface area contributed by atoms with Crippen LogP contribution >= 0.6 is 24.4 Å². The Kier molecular flexibility index (Phi) is 1.81. The highest BCUT2D eigenvalue weighted by Crippen LogP contribution is 2.11. The number of nitrogens with one attached hydrogen (secondary N) is 2. The van der Waals surface area contributed by atoms with Crippen molar-refractivity contribution in [1.29, 1.82) is 0 Å². The lowest BCUT2D eigenvalue weighted by molar-refractivity contribution is 0.907. The largest absolute Gasteiger partial charge is 0.333 e. The summed E-state index contributed by atoms with van der Waals surface area (Å²) in [6, 6.07) is 0. The van der Waals surface area contributed by atoms with Crippen molar-refractivity contribution in [3.8, 4) is 0 Å². The molecule has 0 radical (unpaired) electrons. The molecule has 0 spiro atoms. The Morgan fingerprint density at radius 2 is 2.00 bits per heavy atom. The molecule has 2 aromatic rings. The molecule has 68 valence electrons. The fourth-order valence-electron chi connectivity index (χ4n) is 1.25. The molecule has 0 fully saturated rings. The van der Waals surface area contributed by atoms with Crippen molar-refractivity contribution in [2.75, 3.05) is 0 Å². The minimum atomic E-state index is 0.481. The second kappa shape index (κ2) is 2.74. The number of fused-ring (bicyclic) bond motifs is 1. The quantitative estimate of drug-likeness (QED) is 0.657. The van der Waals surface area contributed by atoms with E-state index in [1.807, 2.05) is 14.0 Å². The molecule has 2 heterocycles. The molecule has 0 aliphatic heterocycles. The first kappa shape index (κ1) is 8.58. The number of rotatable bonds is 0. The van der Waals surface area contributed by atoms with Gasteiger partial charge in [0.1, 0.15) is 5.52 Å². The Bertz CT molecular complexity index is 574. The van der Waals surface area contributed by atoms with Crippen molar-refractivity contribution in [2.24, 2.45) is 7.05 Å². The van der Waals surface area contributed by atoms with E-state index in [-0.39, 0.29) is 0 Å². The molecule has 0 unspecified atom stereocenters. The average Bonchev–Trinajstić information content (AvgIpc) is 2.32. The van der Waals surface area contributed by atoms with Gasteiger partial charge in [0.05, 0.1) is 0 Å². The lowest BCUT2D eigenvalue weighted by atomic mass is 10.4. The molecule has 0 aliphatic rings. The summed E-state index contributed by atoms with van der Waals surface area (Å²) >= 11 is 10.0. The van der Waals surface area contributed by atoms with Gasteiger partial charge in [0.2, 0.25) is 0 Å². The van der Waals surface area contributed by atoms with E-state index in [0.29, 0.717) is 9.54 Å². The smallest absolute Gasteiger partial charge is 0.199 e. The number of hydrogen-bond donors (Lipinski definition) is 2. The van der Waals surface area contributed by atoms with Crippen LogP contribution in [0.5, 0.6) is 0 Å². The predicted molar refractivity (Wildman–Crippen MR) is 55.8 cm³/mol. The van der Waals surface area contributed by atoms with Gasteiger partial charge in [-0.2, -0.15) is 0 Å². The Balaban J connectivity index is 3.12. The summed E-state index contributed by atoms with van der Waals surface area (Å²) in [5.74, 6) is 0. The van der Waals surface area contributed by atoms with Crippen molar-refractivity contribution in [3.05, 3.63) is 15.2 Å². The zero-order valence-corrected chi connectivity index (χ0v) is 8.84. The summed E-state index contributed by atoms with van der Waals surface area (Å²) in [6.07, 6.45) is 0. The fraction of sp³-hybridized carbons (Fsp3) is 0.286. The second-order valence-electron chi connectivity index (χ2n) is 2.85. The first-order valence-corrected chi connectivity index (χ1v) is 4.57. The highest BCUT2D eigenvalue weighted by atomic mass is 32.1.